The molecule has 0 bridgehead atoms. The average Bonchev–Trinajstić information content (AvgIpc) is 2.55. The highest BCUT2D eigenvalue weighted by molar-refractivity contribution is 5.74. The molecule has 8 heteroatoms. The van der Waals surface area contributed by atoms with Crippen molar-refractivity contribution in [2.24, 2.45) is 0 Å². The van der Waals surface area contributed by atoms with E-state index in [1.807, 2.05) is 0 Å². The number of amides is 2. The predicted molar refractivity (Wildman–Crippen MR) is 81.8 cm³/mol. The third-order valence-electron chi connectivity index (χ3n) is 3.07. The number of urea groups is 1. The van der Waals surface area contributed by atoms with Crippen LogP contribution >= 0.6 is 0 Å². The van der Waals surface area contributed by atoms with Crippen molar-refractivity contribution < 1.29 is 13.6 Å². The Morgan fingerprint density at radius 1 is 1.22 bits per heavy atom. The number of aromatic nitrogens is 2. The van der Waals surface area contributed by atoms with E-state index in [4.69, 9.17) is 0 Å². The van der Waals surface area contributed by atoms with Crippen LogP contribution in [0.5, 0.6) is 0 Å². The zero-order valence-corrected chi connectivity index (χ0v) is 12.5. The van der Waals surface area contributed by atoms with Gasteiger partial charge in [0.15, 0.2) is 11.6 Å². The first kappa shape index (κ1) is 16.6. The van der Waals surface area contributed by atoms with Crippen molar-refractivity contribution in [1.29, 1.82) is 0 Å². The van der Waals surface area contributed by atoms with Crippen molar-refractivity contribution in [3.8, 4) is 0 Å². The number of halogens is 2. The molecular weight excluding hydrogens is 304 g/mol. The lowest BCUT2D eigenvalue weighted by Crippen LogP contribution is -2.39. The topological polar surface area (TPSA) is 78.9 Å². The van der Waals surface area contributed by atoms with Crippen LogP contribution in [-0.4, -0.2) is 29.1 Å². The Hall–Kier alpha value is -2.77. The molecule has 0 radical (unpaired) electrons. The summed E-state index contributed by atoms with van der Waals surface area (Å²) in [5, 5.41) is 8.29. The quantitative estimate of drug-likeness (QED) is 0.713. The molecule has 0 spiro atoms. The van der Waals surface area contributed by atoms with E-state index < -0.39 is 23.7 Å². The molecule has 3 N–H and O–H groups in total. The molecule has 0 aliphatic carbocycles. The van der Waals surface area contributed by atoms with E-state index in [0.29, 0.717) is 24.5 Å². The van der Waals surface area contributed by atoms with Gasteiger partial charge in [0.05, 0.1) is 12.2 Å². The Kier molecular flexibility index (Phi) is 5.79. The molecule has 23 heavy (non-hydrogen) atoms. The molecule has 2 aromatic rings. The maximum absolute atomic E-state index is 13.2. The fourth-order valence-electron chi connectivity index (χ4n) is 1.87. The monoisotopic (exact) mass is 321 g/mol. The molecule has 0 aliphatic rings. The third kappa shape index (κ3) is 5.17. The van der Waals surface area contributed by atoms with Crippen LogP contribution in [-0.2, 0) is 0 Å². The highest BCUT2D eigenvalue weighted by Crippen LogP contribution is 2.15. The van der Waals surface area contributed by atoms with E-state index in [-0.39, 0.29) is 0 Å². The normalized spacial score (nSPS) is 11.6. The number of carbonyl (C=O) groups excluding carboxylic acids is 1. The molecule has 1 atom stereocenters. The second-order valence-corrected chi connectivity index (χ2v) is 4.81. The highest BCUT2D eigenvalue weighted by Gasteiger charge is 2.11. The minimum absolute atomic E-state index is 0.368. The van der Waals surface area contributed by atoms with E-state index in [2.05, 4.69) is 25.9 Å². The van der Waals surface area contributed by atoms with E-state index in [1.54, 1.807) is 25.5 Å². The number of rotatable bonds is 6. The summed E-state index contributed by atoms with van der Waals surface area (Å²) < 4.78 is 26.0. The fraction of sp³-hybridized carbons (Fsp3) is 0.267. The van der Waals surface area contributed by atoms with Gasteiger partial charge in [-0.2, -0.15) is 0 Å². The van der Waals surface area contributed by atoms with E-state index >= 15 is 0 Å². The minimum atomic E-state index is -0.940. The molecule has 0 fully saturated rings. The van der Waals surface area contributed by atoms with Gasteiger partial charge < -0.3 is 16.0 Å². The molecule has 1 aromatic heterocycles. The maximum Gasteiger partial charge on any atom is 0.315 e. The minimum Gasteiger partial charge on any atom is -0.367 e. The van der Waals surface area contributed by atoms with Crippen molar-refractivity contribution in [3.63, 3.8) is 0 Å². The van der Waals surface area contributed by atoms with Crippen LogP contribution in [0.3, 0.4) is 0 Å². The van der Waals surface area contributed by atoms with Gasteiger partial charge in [-0.15, -0.1) is 0 Å². The second-order valence-electron chi connectivity index (χ2n) is 4.81. The lowest BCUT2D eigenvalue weighted by molar-refractivity contribution is 0.238. The summed E-state index contributed by atoms with van der Waals surface area (Å²) in [6.45, 7) is 2.53. The first-order chi connectivity index (χ1) is 11.1. The molecule has 2 amide bonds. The van der Waals surface area contributed by atoms with E-state index in [0.717, 1.165) is 12.1 Å². The summed E-state index contributed by atoms with van der Waals surface area (Å²) >= 11 is 0. The van der Waals surface area contributed by atoms with E-state index in [1.165, 1.54) is 6.07 Å². The van der Waals surface area contributed by atoms with Crippen molar-refractivity contribution >= 4 is 11.8 Å². The largest absolute Gasteiger partial charge is 0.367 e. The SMILES string of the molecule is C[C@H](NC(=O)NCCNc1cnccn1)c1ccc(F)c(F)c1. The summed E-state index contributed by atoms with van der Waals surface area (Å²) in [7, 11) is 0. The molecule has 1 heterocycles. The van der Waals surface area contributed by atoms with Crippen LogP contribution in [0, 0.1) is 11.6 Å². The average molecular weight is 321 g/mol. The van der Waals surface area contributed by atoms with Gasteiger partial charge in [-0.3, -0.25) is 4.98 Å². The van der Waals surface area contributed by atoms with Crippen LogP contribution in [0.4, 0.5) is 19.4 Å². The summed E-state index contributed by atoms with van der Waals surface area (Å²) in [6, 6.07) is 2.68. The third-order valence-corrected chi connectivity index (χ3v) is 3.07. The summed E-state index contributed by atoms with van der Waals surface area (Å²) in [5.41, 5.74) is 0.483. The number of hydrogen-bond donors (Lipinski definition) is 3. The van der Waals surface area contributed by atoms with Crippen LogP contribution in [0.15, 0.2) is 36.8 Å². The van der Waals surface area contributed by atoms with Crippen LogP contribution in [0.1, 0.15) is 18.5 Å². The van der Waals surface area contributed by atoms with E-state index in [9.17, 15) is 13.6 Å². The first-order valence-corrected chi connectivity index (χ1v) is 7.05. The highest BCUT2D eigenvalue weighted by atomic mass is 19.2. The summed E-state index contributed by atoms with van der Waals surface area (Å²) in [4.78, 5) is 19.7. The summed E-state index contributed by atoms with van der Waals surface area (Å²) in [6.07, 6.45) is 4.70. The first-order valence-electron chi connectivity index (χ1n) is 7.05. The molecule has 122 valence electrons. The Morgan fingerprint density at radius 3 is 2.74 bits per heavy atom. The number of hydrogen-bond acceptors (Lipinski definition) is 4. The van der Waals surface area contributed by atoms with Gasteiger partial charge in [-0.25, -0.2) is 18.6 Å². The number of carbonyl (C=O) groups is 1. The fourth-order valence-corrected chi connectivity index (χ4v) is 1.87. The lowest BCUT2D eigenvalue weighted by Gasteiger charge is -2.15. The van der Waals surface area contributed by atoms with Crippen LogP contribution < -0.4 is 16.0 Å². The zero-order valence-electron chi connectivity index (χ0n) is 12.5. The van der Waals surface area contributed by atoms with Gasteiger partial charge in [0, 0.05) is 25.5 Å². The van der Waals surface area contributed by atoms with Gasteiger partial charge in [-0.1, -0.05) is 6.07 Å². The van der Waals surface area contributed by atoms with Crippen LogP contribution in [0.25, 0.3) is 0 Å². The molecule has 1 aromatic carbocycles. The van der Waals surface area contributed by atoms with Gasteiger partial charge in [-0.05, 0) is 24.6 Å². The molecule has 0 unspecified atom stereocenters. The second kappa shape index (κ2) is 8.02. The van der Waals surface area contributed by atoms with Gasteiger partial charge in [0.1, 0.15) is 5.82 Å². The molecular formula is C15H17F2N5O. The summed E-state index contributed by atoms with van der Waals surface area (Å²) in [5.74, 6) is -1.24. The Morgan fingerprint density at radius 2 is 2.04 bits per heavy atom. The van der Waals surface area contributed by atoms with Crippen molar-refractivity contribution in [1.82, 2.24) is 20.6 Å². The molecule has 6 nitrogen and oxygen atoms in total. The number of nitrogens with zero attached hydrogens (tertiary/aromatic N) is 2. The number of nitrogens with one attached hydrogen (secondary N) is 3. The predicted octanol–water partition coefficient (Wildman–Crippen LogP) is 2.23. The Bertz CT molecular complexity index is 654. The zero-order chi connectivity index (χ0) is 16.7. The van der Waals surface area contributed by atoms with Crippen molar-refractivity contribution in [2.45, 2.75) is 13.0 Å². The van der Waals surface area contributed by atoms with Gasteiger partial charge >= 0.3 is 6.03 Å². The Labute approximate surface area is 132 Å². The van der Waals surface area contributed by atoms with Gasteiger partial charge in [0.2, 0.25) is 0 Å². The van der Waals surface area contributed by atoms with Crippen molar-refractivity contribution in [2.75, 3.05) is 18.4 Å². The lowest BCUT2D eigenvalue weighted by atomic mass is 10.1. The smallest absolute Gasteiger partial charge is 0.315 e. The van der Waals surface area contributed by atoms with Crippen molar-refractivity contribution in [3.05, 3.63) is 54.0 Å². The molecule has 0 saturated heterocycles. The number of anilines is 1. The molecule has 2 rings (SSSR count). The van der Waals surface area contributed by atoms with Gasteiger partial charge in [0.25, 0.3) is 0 Å². The van der Waals surface area contributed by atoms with Crippen LogP contribution in [0.2, 0.25) is 0 Å². The standard InChI is InChI=1S/C15H17F2N5O/c1-10(11-2-3-12(16)13(17)8-11)22-15(23)21-7-6-20-14-9-18-4-5-19-14/h2-5,8-10H,6-7H2,1H3,(H,19,20)(H2,21,22,23)/t10-/m0/s1. The number of benzene rings is 1. The maximum atomic E-state index is 13.2. The Balaban J connectivity index is 1.72. The molecule has 0 aliphatic heterocycles. The molecule has 0 saturated carbocycles.